The molecule has 9 rings (SSSR count). The largest absolute Gasteiger partial charge is 0.507 e. The van der Waals surface area contributed by atoms with Crippen molar-refractivity contribution in [2.45, 2.75) is 32.6 Å². The van der Waals surface area contributed by atoms with E-state index in [1.54, 1.807) is 67.6 Å². The van der Waals surface area contributed by atoms with E-state index in [1.165, 1.54) is 9.80 Å². The Morgan fingerprint density at radius 1 is 0.780 bits per heavy atom. The lowest BCUT2D eigenvalue weighted by atomic mass is 9.51. The van der Waals surface area contributed by atoms with E-state index >= 15 is 0 Å². The molecular formula is C41H33N3O6. The normalized spacial score (nSPS) is 27.4. The fourth-order valence-corrected chi connectivity index (χ4v) is 9.10. The molecule has 2 saturated heterocycles. The lowest BCUT2D eigenvalue weighted by Crippen LogP contribution is -2.49. The third-order valence-electron chi connectivity index (χ3n) is 11.5. The fourth-order valence-electron chi connectivity index (χ4n) is 9.10. The summed E-state index contributed by atoms with van der Waals surface area (Å²) in [6, 6.07) is 28.8. The molecule has 5 aromatic rings. The van der Waals surface area contributed by atoms with Crippen molar-refractivity contribution >= 4 is 46.1 Å². The van der Waals surface area contributed by atoms with Crippen LogP contribution >= 0.6 is 0 Å². The quantitative estimate of drug-likeness (QED) is 0.163. The molecule has 1 saturated carbocycles. The number of aromatic hydroxyl groups is 1. The summed E-state index contributed by atoms with van der Waals surface area (Å²) in [5.74, 6) is -4.02. The van der Waals surface area contributed by atoms with Gasteiger partial charge in [-0.15, -0.1) is 0 Å². The van der Waals surface area contributed by atoms with Crippen molar-refractivity contribution < 1.29 is 28.7 Å². The zero-order valence-corrected chi connectivity index (χ0v) is 27.4. The number of fused-ring (bicyclic) bond motifs is 5. The predicted octanol–water partition coefficient (Wildman–Crippen LogP) is 6.94. The highest BCUT2D eigenvalue weighted by Crippen LogP contribution is 2.64. The van der Waals surface area contributed by atoms with Crippen LogP contribution in [0.2, 0.25) is 0 Å². The highest BCUT2D eigenvalue weighted by atomic mass is 16.3. The molecule has 50 heavy (non-hydrogen) atoms. The Hall–Kier alpha value is -5.83. The van der Waals surface area contributed by atoms with Crippen LogP contribution in [0, 0.1) is 36.0 Å². The van der Waals surface area contributed by atoms with E-state index in [2.05, 4.69) is 4.98 Å². The van der Waals surface area contributed by atoms with Crippen LogP contribution in [0.1, 0.15) is 36.8 Å². The van der Waals surface area contributed by atoms with Crippen molar-refractivity contribution in [3.63, 3.8) is 0 Å². The van der Waals surface area contributed by atoms with Gasteiger partial charge < -0.3 is 9.52 Å². The Kier molecular flexibility index (Phi) is 6.55. The van der Waals surface area contributed by atoms with Crippen LogP contribution in [0.4, 0.5) is 11.4 Å². The Labute approximate surface area is 287 Å². The second kappa shape index (κ2) is 10.8. The molecule has 2 aliphatic carbocycles. The first kappa shape index (κ1) is 30.2. The lowest BCUT2D eigenvalue weighted by molar-refractivity contribution is -0.131. The minimum Gasteiger partial charge on any atom is -0.507 e. The van der Waals surface area contributed by atoms with Crippen molar-refractivity contribution in [1.82, 2.24) is 4.98 Å². The summed E-state index contributed by atoms with van der Waals surface area (Å²) < 4.78 is 5.92. The molecule has 4 amide bonds. The van der Waals surface area contributed by atoms with Gasteiger partial charge in [0.15, 0.2) is 5.58 Å². The Morgan fingerprint density at radius 2 is 1.50 bits per heavy atom. The number of rotatable bonds is 4. The van der Waals surface area contributed by atoms with Crippen LogP contribution < -0.4 is 9.80 Å². The number of hydrogen-bond acceptors (Lipinski definition) is 7. The number of oxazole rings is 1. The number of nitrogens with zero attached hydrogens (tertiary/aromatic N) is 3. The molecule has 3 heterocycles. The van der Waals surface area contributed by atoms with Crippen molar-refractivity contribution in [1.29, 1.82) is 0 Å². The SMILES string of the molecule is Cc1cccc([C@H]2C3=CC[C@@H]4C(=O)N(c5ccc(-c6nc7ccccc7o6)cc5)C(=O)[C@@H]4[C@@H]3C[C@H]3C(=O)N(c4ccccc4)C(=O)[C@@]23C)c1O. The summed E-state index contributed by atoms with van der Waals surface area (Å²) in [6.07, 6.45) is 2.55. The Bertz CT molecular complexity index is 2260. The number of carbonyl (C=O) groups excluding carboxylic acids is 4. The van der Waals surface area contributed by atoms with Gasteiger partial charge in [-0.2, -0.15) is 0 Å². The summed E-state index contributed by atoms with van der Waals surface area (Å²) in [6.45, 7) is 3.62. The molecule has 1 N–H and O–H groups in total. The van der Waals surface area contributed by atoms with Crippen LogP contribution in [-0.2, 0) is 19.2 Å². The summed E-state index contributed by atoms with van der Waals surface area (Å²) in [5, 5.41) is 11.5. The number of anilines is 2. The molecule has 0 spiro atoms. The van der Waals surface area contributed by atoms with Crippen LogP contribution in [0.25, 0.3) is 22.6 Å². The second-order valence-electron chi connectivity index (χ2n) is 14.1. The number of benzene rings is 4. The molecule has 0 bridgehead atoms. The number of allylic oxidation sites excluding steroid dienone is 2. The maximum atomic E-state index is 14.5. The number of para-hydroxylation sites is 4. The lowest BCUT2D eigenvalue weighted by Gasteiger charge is -2.49. The van der Waals surface area contributed by atoms with Gasteiger partial charge in [0.1, 0.15) is 11.3 Å². The molecule has 3 fully saturated rings. The summed E-state index contributed by atoms with van der Waals surface area (Å²) in [5.41, 5.74) is 3.85. The van der Waals surface area contributed by atoms with Gasteiger partial charge in [-0.25, -0.2) is 9.88 Å². The molecule has 6 atom stereocenters. The molecule has 0 radical (unpaired) electrons. The molecule has 4 aliphatic rings. The minimum atomic E-state index is -1.22. The molecule has 2 aliphatic heterocycles. The van der Waals surface area contributed by atoms with E-state index in [0.717, 1.165) is 11.1 Å². The van der Waals surface area contributed by atoms with Gasteiger partial charge in [0.05, 0.1) is 34.5 Å². The van der Waals surface area contributed by atoms with Crippen molar-refractivity contribution in [2.24, 2.45) is 29.1 Å². The third-order valence-corrected chi connectivity index (χ3v) is 11.5. The summed E-state index contributed by atoms with van der Waals surface area (Å²) in [4.78, 5) is 64.5. The number of phenols is 1. The Morgan fingerprint density at radius 3 is 2.26 bits per heavy atom. The molecular weight excluding hydrogens is 630 g/mol. The first-order valence-electron chi connectivity index (χ1n) is 16.9. The van der Waals surface area contributed by atoms with Crippen LogP contribution in [0.5, 0.6) is 5.75 Å². The Balaban J connectivity index is 1.10. The molecule has 1 aromatic heterocycles. The van der Waals surface area contributed by atoms with Crippen molar-refractivity contribution in [3.8, 4) is 17.2 Å². The van der Waals surface area contributed by atoms with Crippen molar-refractivity contribution in [2.75, 3.05) is 9.80 Å². The third kappa shape index (κ3) is 4.09. The van der Waals surface area contributed by atoms with Crippen LogP contribution in [-0.4, -0.2) is 33.7 Å². The smallest absolute Gasteiger partial charge is 0.241 e. The standard InChI is InChI=1S/C41H33N3O6/c1-22-9-8-12-28(35(22)45)34-26-19-20-27-33(29(26)21-30-38(47)44(40(49)41(30,34)2)24-10-4-3-5-11-24)39(48)43(37(27)46)25-17-15-23(16-18-25)36-42-31-13-6-7-14-32(31)50-36/h3-19,27,29-30,33-34,45H,20-21H2,1-2H3/t27-,29+,30-,33-,34+,41+/m0/s1. The van der Waals surface area contributed by atoms with Gasteiger partial charge in [0.25, 0.3) is 0 Å². The average Bonchev–Trinajstić information content (AvgIpc) is 3.74. The number of carbonyl (C=O) groups is 4. The highest BCUT2D eigenvalue weighted by molar-refractivity contribution is 6.25. The van der Waals surface area contributed by atoms with Gasteiger partial charge >= 0.3 is 0 Å². The topological polar surface area (TPSA) is 121 Å². The maximum absolute atomic E-state index is 14.5. The first-order chi connectivity index (χ1) is 24.2. The predicted molar refractivity (Wildman–Crippen MR) is 186 cm³/mol. The molecule has 248 valence electrons. The van der Waals surface area contributed by atoms with E-state index in [4.69, 9.17) is 4.42 Å². The van der Waals surface area contributed by atoms with E-state index in [9.17, 15) is 24.3 Å². The number of imide groups is 2. The molecule has 0 unspecified atom stereocenters. The number of phenolic OH excluding ortho intramolecular Hbond substituents is 1. The van der Waals surface area contributed by atoms with Gasteiger partial charge in [-0.1, -0.05) is 60.2 Å². The first-order valence-corrected chi connectivity index (χ1v) is 16.9. The van der Waals surface area contributed by atoms with E-state index in [-0.39, 0.29) is 35.8 Å². The summed E-state index contributed by atoms with van der Waals surface area (Å²) >= 11 is 0. The number of aromatic nitrogens is 1. The van der Waals surface area contributed by atoms with Gasteiger partial charge in [0.2, 0.25) is 29.5 Å². The van der Waals surface area contributed by atoms with Gasteiger partial charge in [0, 0.05) is 17.0 Å². The summed E-state index contributed by atoms with van der Waals surface area (Å²) in [7, 11) is 0. The molecule has 9 heteroatoms. The van der Waals surface area contributed by atoms with Gasteiger partial charge in [-0.3, -0.25) is 24.1 Å². The van der Waals surface area contributed by atoms with Crippen LogP contribution in [0.15, 0.2) is 113 Å². The number of hydrogen-bond donors (Lipinski definition) is 1. The zero-order valence-electron chi connectivity index (χ0n) is 27.4. The van der Waals surface area contributed by atoms with E-state index < -0.39 is 35.0 Å². The second-order valence-corrected chi connectivity index (χ2v) is 14.1. The van der Waals surface area contributed by atoms with Crippen LogP contribution in [0.3, 0.4) is 0 Å². The van der Waals surface area contributed by atoms with Crippen molar-refractivity contribution in [3.05, 3.63) is 120 Å². The molecule has 9 nitrogen and oxygen atoms in total. The van der Waals surface area contributed by atoms with Gasteiger partial charge in [-0.05, 0) is 86.7 Å². The maximum Gasteiger partial charge on any atom is 0.241 e. The minimum absolute atomic E-state index is 0.0639. The highest BCUT2D eigenvalue weighted by Gasteiger charge is 2.68. The number of aryl methyl sites for hydroxylation is 1. The fraction of sp³-hybridized carbons (Fsp3) is 0.244. The zero-order chi connectivity index (χ0) is 34.5. The average molecular weight is 664 g/mol. The van der Waals surface area contributed by atoms with E-state index in [1.807, 2.05) is 49.4 Å². The molecule has 4 aromatic carbocycles. The monoisotopic (exact) mass is 663 g/mol. The van der Waals surface area contributed by atoms with E-state index in [0.29, 0.717) is 46.0 Å². The number of amides is 4.